The van der Waals surface area contributed by atoms with Gasteiger partial charge in [-0.1, -0.05) is 0 Å². The van der Waals surface area contributed by atoms with Crippen LogP contribution in [0, 0.1) is 0 Å². The molecule has 0 heterocycles. The maximum Gasteiger partial charge on any atom is 0.392 e. The normalized spacial score (nSPS) is 14.0. The lowest BCUT2D eigenvalue weighted by Gasteiger charge is -2.15. The SMILES string of the molecule is CC(C)(F)CC(F)(F)F. The summed E-state index contributed by atoms with van der Waals surface area (Å²) >= 11 is 0. The van der Waals surface area contributed by atoms with Crippen molar-refractivity contribution in [2.45, 2.75) is 32.1 Å². The Morgan fingerprint density at radius 1 is 1.00 bits per heavy atom. The molecule has 0 aliphatic heterocycles. The van der Waals surface area contributed by atoms with Gasteiger partial charge in [0.2, 0.25) is 0 Å². The highest BCUT2D eigenvalue weighted by Gasteiger charge is 2.36. The molecule has 0 aromatic heterocycles. The molecule has 0 saturated carbocycles. The van der Waals surface area contributed by atoms with Crippen LogP contribution >= 0.6 is 0 Å². The number of rotatable bonds is 1. The maximum atomic E-state index is 12.2. The van der Waals surface area contributed by atoms with Crippen LogP contribution in [0.25, 0.3) is 0 Å². The third-order valence-corrected chi connectivity index (χ3v) is 0.621. The first-order chi connectivity index (χ1) is 3.71. The van der Waals surface area contributed by atoms with Gasteiger partial charge in [0.25, 0.3) is 0 Å². The van der Waals surface area contributed by atoms with Crippen molar-refractivity contribution in [3.8, 4) is 0 Å². The first-order valence-electron chi connectivity index (χ1n) is 2.46. The van der Waals surface area contributed by atoms with Gasteiger partial charge in [0, 0.05) is 0 Å². The molecule has 0 amide bonds. The molecule has 0 N–H and O–H groups in total. The van der Waals surface area contributed by atoms with Gasteiger partial charge in [-0.05, 0) is 13.8 Å². The molecule has 4 heteroatoms. The monoisotopic (exact) mass is 144 g/mol. The molecule has 0 saturated heterocycles. The van der Waals surface area contributed by atoms with E-state index in [1.54, 1.807) is 0 Å². The van der Waals surface area contributed by atoms with Crippen molar-refractivity contribution in [2.75, 3.05) is 0 Å². The highest BCUT2D eigenvalue weighted by molar-refractivity contribution is 4.70. The molecule has 0 spiro atoms. The Morgan fingerprint density at radius 3 is 1.33 bits per heavy atom. The Hall–Kier alpha value is -0.280. The minimum absolute atomic E-state index is 0.903. The van der Waals surface area contributed by atoms with Crippen LogP contribution < -0.4 is 0 Å². The lowest BCUT2D eigenvalue weighted by atomic mass is 10.1. The second-order valence-electron chi connectivity index (χ2n) is 2.51. The highest BCUT2D eigenvalue weighted by atomic mass is 19.4. The van der Waals surface area contributed by atoms with E-state index < -0.39 is 18.3 Å². The summed E-state index contributed by atoms with van der Waals surface area (Å²) < 4.78 is 46.1. The van der Waals surface area contributed by atoms with E-state index in [9.17, 15) is 17.6 Å². The zero-order chi connectivity index (χ0) is 7.71. The second kappa shape index (κ2) is 2.15. The number of halogens is 4. The summed E-state index contributed by atoms with van der Waals surface area (Å²) in [7, 11) is 0. The van der Waals surface area contributed by atoms with Crippen LogP contribution in [0.4, 0.5) is 17.6 Å². The first kappa shape index (κ1) is 8.72. The summed E-state index contributed by atoms with van der Waals surface area (Å²) in [6.45, 7) is 1.81. The summed E-state index contributed by atoms with van der Waals surface area (Å²) in [4.78, 5) is 0. The van der Waals surface area contributed by atoms with Gasteiger partial charge in [-0.3, -0.25) is 0 Å². The van der Waals surface area contributed by atoms with E-state index in [2.05, 4.69) is 0 Å². The van der Waals surface area contributed by atoms with Crippen LogP contribution in [0.5, 0.6) is 0 Å². The van der Waals surface area contributed by atoms with E-state index >= 15 is 0 Å². The molecular formula is C5H8F4. The van der Waals surface area contributed by atoms with Crippen LogP contribution in [0.15, 0.2) is 0 Å². The number of alkyl halides is 4. The molecule has 0 radical (unpaired) electrons. The smallest absolute Gasteiger partial charge is 0.244 e. The average Bonchev–Trinajstić information content (AvgIpc) is 1.14. The standard InChI is InChI=1S/C5H8F4/c1-4(2,6)3-5(7,8)9/h3H2,1-2H3. The van der Waals surface area contributed by atoms with Gasteiger partial charge >= 0.3 is 6.18 Å². The van der Waals surface area contributed by atoms with Crippen molar-refractivity contribution in [1.29, 1.82) is 0 Å². The molecule has 0 atom stereocenters. The molecule has 0 rings (SSSR count). The van der Waals surface area contributed by atoms with Gasteiger partial charge in [-0.2, -0.15) is 13.2 Å². The fraction of sp³-hybridized carbons (Fsp3) is 1.00. The summed E-state index contributed by atoms with van der Waals surface area (Å²) in [6, 6.07) is 0. The summed E-state index contributed by atoms with van der Waals surface area (Å²) in [6.07, 6.45) is -5.77. The van der Waals surface area contributed by atoms with Crippen molar-refractivity contribution < 1.29 is 17.6 Å². The lowest BCUT2D eigenvalue weighted by Crippen LogP contribution is -2.23. The van der Waals surface area contributed by atoms with E-state index in [0.717, 1.165) is 13.8 Å². The van der Waals surface area contributed by atoms with E-state index in [4.69, 9.17) is 0 Å². The Labute approximate surface area is 50.9 Å². The predicted molar refractivity (Wildman–Crippen MR) is 25.9 cm³/mol. The second-order valence-corrected chi connectivity index (χ2v) is 2.51. The molecule has 9 heavy (non-hydrogen) atoms. The number of hydrogen-bond donors (Lipinski definition) is 0. The molecule has 0 fully saturated rings. The lowest BCUT2D eigenvalue weighted by molar-refractivity contribution is -0.156. The van der Waals surface area contributed by atoms with Gasteiger partial charge in [0.1, 0.15) is 5.67 Å². The van der Waals surface area contributed by atoms with Gasteiger partial charge in [-0.15, -0.1) is 0 Å². The summed E-state index contributed by atoms with van der Waals surface area (Å²) in [5.41, 5.74) is -2.14. The molecule has 0 bridgehead atoms. The van der Waals surface area contributed by atoms with Gasteiger partial charge < -0.3 is 0 Å². The molecule has 56 valence electrons. The molecule has 0 aromatic rings. The van der Waals surface area contributed by atoms with Crippen molar-refractivity contribution in [3.05, 3.63) is 0 Å². The fourth-order valence-corrected chi connectivity index (χ4v) is 0.477. The van der Waals surface area contributed by atoms with Gasteiger partial charge in [-0.25, -0.2) is 4.39 Å². The third-order valence-electron chi connectivity index (χ3n) is 0.621. The van der Waals surface area contributed by atoms with E-state index in [1.807, 2.05) is 0 Å². The van der Waals surface area contributed by atoms with E-state index in [-0.39, 0.29) is 0 Å². The van der Waals surface area contributed by atoms with Crippen LogP contribution in [0.3, 0.4) is 0 Å². The Kier molecular flexibility index (Phi) is 2.09. The Bertz CT molecular complexity index is 74.1. The molecule has 0 aliphatic carbocycles. The summed E-state index contributed by atoms with van der Waals surface area (Å²) in [5, 5.41) is 0. The fourth-order valence-electron chi connectivity index (χ4n) is 0.477. The first-order valence-corrected chi connectivity index (χ1v) is 2.46. The molecule has 0 nitrogen and oxygen atoms in total. The highest BCUT2D eigenvalue weighted by Crippen LogP contribution is 2.28. The largest absolute Gasteiger partial charge is 0.392 e. The quantitative estimate of drug-likeness (QED) is 0.496. The van der Waals surface area contributed by atoms with Crippen LogP contribution in [0.2, 0.25) is 0 Å². The molecule has 0 aromatic carbocycles. The zero-order valence-electron chi connectivity index (χ0n) is 5.22. The van der Waals surface area contributed by atoms with E-state index in [0.29, 0.717) is 0 Å². The maximum absolute atomic E-state index is 12.2. The zero-order valence-corrected chi connectivity index (χ0v) is 5.22. The molecular weight excluding hydrogens is 136 g/mol. The average molecular weight is 144 g/mol. The topological polar surface area (TPSA) is 0 Å². The van der Waals surface area contributed by atoms with Crippen molar-refractivity contribution >= 4 is 0 Å². The van der Waals surface area contributed by atoms with Crippen molar-refractivity contribution in [2.24, 2.45) is 0 Å². The van der Waals surface area contributed by atoms with Crippen LogP contribution in [0.1, 0.15) is 20.3 Å². The van der Waals surface area contributed by atoms with Crippen molar-refractivity contribution in [3.63, 3.8) is 0 Å². The Balaban J connectivity index is 3.75. The molecule has 0 unspecified atom stereocenters. The summed E-state index contributed by atoms with van der Waals surface area (Å²) in [5.74, 6) is 0. The minimum Gasteiger partial charge on any atom is -0.244 e. The predicted octanol–water partition coefficient (Wildman–Crippen LogP) is 2.69. The Morgan fingerprint density at radius 2 is 1.33 bits per heavy atom. The van der Waals surface area contributed by atoms with Crippen LogP contribution in [-0.2, 0) is 0 Å². The third kappa shape index (κ3) is 7.72. The van der Waals surface area contributed by atoms with Crippen LogP contribution in [-0.4, -0.2) is 11.8 Å². The molecule has 0 aliphatic rings. The minimum atomic E-state index is -4.39. The van der Waals surface area contributed by atoms with Crippen molar-refractivity contribution in [1.82, 2.24) is 0 Å². The van der Waals surface area contributed by atoms with E-state index in [1.165, 1.54) is 0 Å². The van der Waals surface area contributed by atoms with Gasteiger partial charge in [0.05, 0.1) is 6.42 Å². The number of hydrogen-bond acceptors (Lipinski definition) is 0. The van der Waals surface area contributed by atoms with Gasteiger partial charge in [0.15, 0.2) is 0 Å².